The van der Waals surface area contributed by atoms with Gasteiger partial charge in [0, 0.05) is 6.42 Å². The van der Waals surface area contributed by atoms with E-state index in [2.05, 4.69) is 13.5 Å². The maximum Gasteiger partial charge on any atom is 0.143 e. The number of aliphatic hydroxyl groups excluding tert-OH is 2. The van der Waals surface area contributed by atoms with Gasteiger partial charge in [-0.1, -0.05) is 19.1 Å². The predicted octanol–water partition coefficient (Wildman–Crippen LogP) is 3.10. The average Bonchev–Trinajstić information content (AvgIpc) is 2.78. The van der Waals surface area contributed by atoms with Gasteiger partial charge in [-0.2, -0.15) is 0 Å². The minimum Gasteiger partial charge on any atom is -0.395 e. The molecule has 4 fully saturated rings. The van der Waals surface area contributed by atoms with E-state index in [1.807, 2.05) is 0 Å². The van der Waals surface area contributed by atoms with E-state index in [0.29, 0.717) is 17.8 Å². The molecule has 1 spiro atoms. The van der Waals surface area contributed by atoms with Crippen molar-refractivity contribution in [3.05, 3.63) is 12.2 Å². The molecule has 0 heterocycles. The minimum atomic E-state index is -0.902. The van der Waals surface area contributed by atoms with Gasteiger partial charge in [-0.15, -0.1) is 0 Å². The van der Waals surface area contributed by atoms with Crippen LogP contribution in [0.1, 0.15) is 58.3 Å². The van der Waals surface area contributed by atoms with Crippen molar-refractivity contribution in [1.29, 1.82) is 0 Å². The molecule has 4 saturated carbocycles. The number of rotatable bonds is 2. The third kappa shape index (κ3) is 1.81. The van der Waals surface area contributed by atoms with Gasteiger partial charge in [0.2, 0.25) is 0 Å². The zero-order valence-electron chi connectivity index (χ0n) is 14.3. The van der Waals surface area contributed by atoms with Crippen LogP contribution >= 0.6 is 0 Å². The topological polar surface area (TPSA) is 57.5 Å². The molecule has 4 aliphatic carbocycles. The van der Waals surface area contributed by atoms with Crippen molar-refractivity contribution in [3.63, 3.8) is 0 Å². The number of hydrogen-bond acceptors (Lipinski definition) is 3. The summed E-state index contributed by atoms with van der Waals surface area (Å²) in [5.74, 6) is 1.56. The van der Waals surface area contributed by atoms with Gasteiger partial charge < -0.3 is 10.2 Å². The van der Waals surface area contributed by atoms with Gasteiger partial charge >= 0.3 is 0 Å². The summed E-state index contributed by atoms with van der Waals surface area (Å²) >= 11 is 0. The van der Waals surface area contributed by atoms with Crippen molar-refractivity contribution < 1.29 is 15.0 Å². The second kappa shape index (κ2) is 4.92. The third-order valence-corrected chi connectivity index (χ3v) is 8.55. The molecule has 0 aromatic heterocycles. The second-order valence-electron chi connectivity index (χ2n) is 9.22. The van der Waals surface area contributed by atoms with Gasteiger partial charge in [0.05, 0.1) is 18.6 Å². The number of Topliss-reactive ketones (excluding diaryl/α,β-unsaturated/α-hetero) is 1. The molecule has 5 atom stereocenters. The molecule has 0 radical (unpaired) electrons. The van der Waals surface area contributed by atoms with E-state index < -0.39 is 5.41 Å². The number of aliphatic hydroxyl groups is 2. The van der Waals surface area contributed by atoms with Crippen molar-refractivity contribution >= 4 is 5.78 Å². The molecule has 0 aliphatic heterocycles. The molecule has 0 aromatic carbocycles. The van der Waals surface area contributed by atoms with Crippen molar-refractivity contribution in [2.24, 2.45) is 34.0 Å². The summed E-state index contributed by atoms with van der Waals surface area (Å²) in [6.07, 6.45) is 8.50. The average molecular weight is 318 g/mol. The van der Waals surface area contributed by atoms with Crippen LogP contribution in [0.5, 0.6) is 0 Å². The zero-order chi connectivity index (χ0) is 16.5. The maximum absolute atomic E-state index is 12.6. The number of carbonyl (C=O) groups excluding carboxylic acids is 1. The summed E-state index contributed by atoms with van der Waals surface area (Å²) in [6, 6.07) is 0. The summed E-state index contributed by atoms with van der Waals surface area (Å²) in [4.78, 5) is 12.6. The number of hydrogen-bond donors (Lipinski definition) is 2. The molecule has 3 heteroatoms. The lowest BCUT2D eigenvalue weighted by Crippen LogP contribution is -2.62. The first-order valence-corrected chi connectivity index (χ1v) is 9.34. The normalized spacial score (nSPS) is 48.0. The Morgan fingerprint density at radius 1 is 1.13 bits per heavy atom. The van der Waals surface area contributed by atoms with Crippen LogP contribution in [0.25, 0.3) is 0 Å². The summed E-state index contributed by atoms with van der Waals surface area (Å²) in [5, 5.41) is 20.1. The molecule has 23 heavy (non-hydrogen) atoms. The Bertz CT molecular complexity index is 549. The minimum absolute atomic E-state index is 0.0766. The van der Waals surface area contributed by atoms with E-state index in [4.69, 9.17) is 0 Å². The van der Waals surface area contributed by atoms with E-state index in [1.165, 1.54) is 31.3 Å². The Morgan fingerprint density at radius 3 is 2.57 bits per heavy atom. The van der Waals surface area contributed by atoms with E-state index in [1.54, 1.807) is 0 Å². The molecule has 0 unspecified atom stereocenters. The molecular formula is C20H30O3. The van der Waals surface area contributed by atoms with E-state index in [0.717, 1.165) is 25.2 Å². The smallest absolute Gasteiger partial charge is 0.143 e. The van der Waals surface area contributed by atoms with Crippen LogP contribution in [0.15, 0.2) is 12.2 Å². The monoisotopic (exact) mass is 318 g/mol. The molecule has 0 saturated heterocycles. The lowest BCUT2D eigenvalue weighted by molar-refractivity contribution is -0.184. The fourth-order valence-electron chi connectivity index (χ4n) is 7.48. The number of allylic oxidation sites excluding steroid dienone is 1. The molecule has 3 nitrogen and oxygen atoms in total. The van der Waals surface area contributed by atoms with Crippen LogP contribution in [-0.2, 0) is 4.79 Å². The van der Waals surface area contributed by atoms with Crippen molar-refractivity contribution in [3.8, 4) is 0 Å². The van der Waals surface area contributed by atoms with Gasteiger partial charge in [-0.05, 0) is 73.5 Å². The Balaban J connectivity index is 1.76. The molecule has 4 rings (SSSR count). The van der Waals surface area contributed by atoms with Crippen LogP contribution in [-0.4, -0.2) is 29.2 Å². The standard InChI is InChI=1S/C20H30O3/c1-13-9-19-8-5-16-18(2,15(19)4-3-14(13)10-19)7-6-17(23)20(16,11-21)12-22/h14-16,21-22H,1,3-12H2,2H3/t14-,15+,16+,18+,19-/m0/s1. The maximum atomic E-state index is 12.6. The Kier molecular flexibility index (Phi) is 3.39. The number of ketones is 1. The van der Waals surface area contributed by atoms with Gasteiger partial charge in [0.15, 0.2) is 0 Å². The predicted molar refractivity (Wildman–Crippen MR) is 88.7 cm³/mol. The summed E-state index contributed by atoms with van der Waals surface area (Å²) in [6.45, 7) is 6.31. The second-order valence-corrected chi connectivity index (χ2v) is 9.22. The van der Waals surface area contributed by atoms with Gasteiger partial charge in [0.1, 0.15) is 5.78 Å². The third-order valence-electron chi connectivity index (χ3n) is 8.55. The van der Waals surface area contributed by atoms with Crippen molar-refractivity contribution in [2.75, 3.05) is 13.2 Å². The molecule has 4 aliphatic rings. The highest BCUT2D eigenvalue weighted by atomic mass is 16.3. The lowest BCUT2D eigenvalue weighted by Gasteiger charge is -2.63. The molecule has 128 valence electrons. The highest BCUT2D eigenvalue weighted by molar-refractivity contribution is 5.86. The van der Waals surface area contributed by atoms with Crippen LogP contribution in [0.4, 0.5) is 0 Å². The molecule has 0 amide bonds. The Labute approximate surface area is 139 Å². The molecule has 2 bridgehead atoms. The zero-order valence-corrected chi connectivity index (χ0v) is 14.3. The first-order valence-electron chi connectivity index (χ1n) is 9.34. The lowest BCUT2D eigenvalue weighted by atomic mass is 9.40. The number of carbonyl (C=O) groups is 1. The highest BCUT2D eigenvalue weighted by Gasteiger charge is 2.66. The Hall–Kier alpha value is -0.670. The number of fused-ring (bicyclic) bond motifs is 3. The highest BCUT2D eigenvalue weighted by Crippen LogP contribution is 2.71. The van der Waals surface area contributed by atoms with Crippen LogP contribution < -0.4 is 0 Å². The first-order chi connectivity index (χ1) is 10.9. The van der Waals surface area contributed by atoms with Crippen LogP contribution in [0, 0.1) is 34.0 Å². The molecule has 0 aromatic rings. The SMILES string of the molecule is C=C1C[C@]23CC[C@H]4C(CO)(CO)C(=O)CC[C@]4(C)[C@H]2CC[C@H]1C3. The van der Waals surface area contributed by atoms with Gasteiger partial charge in [-0.25, -0.2) is 0 Å². The van der Waals surface area contributed by atoms with Gasteiger partial charge in [-0.3, -0.25) is 4.79 Å². The fraction of sp³-hybridized carbons (Fsp3) is 0.850. The van der Waals surface area contributed by atoms with E-state index >= 15 is 0 Å². The van der Waals surface area contributed by atoms with E-state index in [9.17, 15) is 15.0 Å². The summed E-state index contributed by atoms with van der Waals surface area (Å²) < 4.78 is 0. The quantitative estimate of drug-likeness (QED) is 0.769. The van der Waals surface area contributed by atoms with Crippen LogP contribution in [0.2, 0.25) is 0 Å². The molecule has 2 N–H and O–H groups in total. The van der Waals surface area contributed by atoms with E-state index in [-0.39, 0.29) is 30.3 Å². The van der Waals surface area contributed by atoms with Crippen LogP contribution in [0.3, 0.4) is 0 Å². The summed E-state index contributed by atoms with van der Waals surface area (Å²) in [5.41, 5.74) is 1.02. The van der Waals surface area contributed by atoms with Gasteiger partial charge in [0.25, 0.3) is 0 Å². The first kappa shape index (κ1) is 15.8. The fourth-order valence-corrected chi connectivity index (χ4v) is 7.48. The Morgan fingerprint density at radius 2 is 1.87 bits per heavy atom. The van der Waals surface area contributed by atoms with Crippen molar-refractivity contribution in [2.45, 2.75) is 58.3 Å². The summed E-state index contributed by atoms with van der Waals surface area (Å²) in [7, 11) is 0. The molecular weight excluding hydrogens is 288 g/mol. The van der Waals surface area contributed by atoms with Crippen molar-refractivity contribution in [1.82, 2.24) is 0 Å². The largest absolute Gasteiger partial charge is 0.395 e.